The zero-order chi connectivity index (χ0) is 15.6. The molecule has 1 atom stereocenters. The van der Waals surface area contributed by atoms with Crippen LogP contribution in [0.2, 0.25) is 0 Å². The topological polar surface area (TPSA) is 57.5 Å². The van der Waals surface area contributed by atoms with E-state index in [0.29, 0.717) is 19.3 Å². The molecule has 6 heteroatoms. The summed E-state index contributed by atoms with van der Waals surface area (Å²) in [5.41, 5.74) is 2.13. The number of hydrogen-bond acceptors (Lipinski definition) is 5. The molecule has 0 radical (unpaired) electrons. The third-order valence-corrected chi connectivity index (χ3v) is 4.74. The van der Waals surface area contributed by atoms with Crippen molar-refractivity contribution in [1.29, 1.82) is 0 Å². The molecule has 0 saturated carbocycles. The molecule has 1 fully saturated rings. The molecule has 1 aromatic heterocycles. The van der Waals surface area contributed by atoms with Crippen molar-refractivity contribution in [3.8, 4) is 5.75 Å². The Morgan fingerprint density at radius 2 is 2.17 bits per heavy atom. The number of rotatable bonds is 4. The minimum atomic E-state index is 0.263. The van der Waals surface area contributed by atoms with E-state index in [1.54, 1.807) is 7.11 Å². The summed E-state index contributed by atoms with van der Waals surface area (Å²) in [6.45, 7) is 3.89. The number of methoxy groups -OCH3 is 1. The van der Waals surface area contributed by atoms with E-state index in [9.17, 15) is 0 Å². The van der Waals surface area contributed by atoms with Gasteiger partial charge in [0.2, 0.25) is 0 Å². The van der Waals surface area contributed by atoms with E-state index in [1.165, 1.54) is 0 Å². The minimum Gasteiger partial charge on any atom is -0.497 e. The summed E-state index contributed by atoms with van der Waals surface area (Å²) in [6, 6.07) is 6.84. The van der Waals surface area contributed by atoms with Gasteiger partial charge in [0.1, 0.15) is 18.2 Å². The lowest BCUT2D eigenvalue weighted by atomic mass is 10.1. The zero-order valence-corrected chi connectivity index (χ0v) is 13.5. The van der Waals surface area contributed by atoms with Gasteiger partial charge < -0.3 is 24.1 Å². The Balaban J connectivity index is 1.58. The van der Waals surface area contributed by atoms with Gasteiger partial charge in [-0.1, -0.05) is 0 Å². The van der Waals surface area contributed by atoms with Gasteiger partial charge in [-0.3, -0.25) is 0 Å². The minimum absolute atomic E-state index is 0.263. The molecule has 1 N–H and O–H groups in total. The van der Waals surface area contributed by atoms with Gasteiger partial charge in [0.05, 0.1) is 30.8 Å². The predicted molar refractivity (Wildman–Crippen MR) is 86.8 cm³/mol. The fourth-order valence-electron chi connectivity index (χ4n) is 3.47. The number of nitrogens with zero attached hydrogens (tertiary/aromatic N) is 2. The molecule has 0 unspecified atom stereocenters. The molecule has 0 aliphatic carbocycles. The third-order valence-electron chi connectivity index (χ3n) is 4.74. The molecule has 6 nitrogen and oxygen atoms in total. The SMILES string of the molecule is COc1ccc2nc3n(c2c1)[C@@H](CNC1CCOCC1)COC3. The van der Waals surface area contributed by atoms with Crippen LogP contribution in [0.1, 0.15) is 24.7 Å². The molecule has 2 aromatic rings. The molecule has 23 heavy (non-hydrogen) atoms. The summed E-state index contributed by atoms with van der Waals surface area (Å²) >= 11 is 0. The lowest BCUT2D eigenvalue weighted by Gasteiger charge is -2.30. The number of benzene rings is 1. The highest BCUT2D eigenvalue weighted by atomic mass is 16.5. The third kappa shape index (κ3) is 2.94. The van der Waals surface area contributed by atoms with Crippen molar-refractivity contribution in [3.05, 3.63) is 24.0 Å². The van der Waals surface area contributed by atoms with Crippen LogP contribution in [0.4, 0.5) is 0 Å². The molecule has 1 saturated heterocycles. The van der Waals surface area contributed by atoms with Crippen molar-refractivity contribution in [2.75, 3.05) is 33.5 Å². The fourth-order valence-corrected chi connectivity index (χ4v) is 3.47. The maximum absolute atomic E-state index is 5.76. The first-order chi connectivity index (χ1) is 11.3. The van der Waals surface area contributed by atoms with Crippen molar-refractivity contribution in [3.63, 3.8) is 0 Å². The lowest BCUT2D eigenvalue weighted by Crippen LogP contribution is -2.40. The second-order valence-corrected chi connectivity index (χ2v) is 6.22. The maximum atomic E-state index is 5.76. The summed E-state index contributed by atoms with van der Waals surface area (Å²) in [4.78, 5) is 4.71. The molecule has 2 aliphatic heterocycles. The van der Waals surface area contributed by atoms with E-state index < -0.39 is 0 Å². The van der Waals surface area contributed by atoms with Crippen LogP contribution in [0.15, 0.2) is 18.2 Å². The zero-order valence-electron chi connectivity index (χ0n) is 13.5. The van der Waals surface area contributed by atoms with Crippen molar-refractivity contribution in [2.45, 2.75) is 31.5 Å². The van der Waals surface area contributed by atoms with Crippen LogP contribution < -0.4 is 10.1 Å². The highest BCUT2D eigenvalue weighted by molar-refractivity contribution is 5.78. The highest BCUT2D eigenvalue weighted by Gasteiger charge is 2.25. The Labute approximate surface area is 135 Å². The van der Waals surface area contributed by atoms with Crippen LogP contribution in [-0.2, 0) is 16.1 Å². The number of aromatic nitrogens is 2. The van der Waals surface area contributed by atoms with E-state index >= 15 is 0 Å². The Bertz CT molecular complexity index is 679. The molecule has 2 aliphatic rings. The number of imidazole rings is 1. The first kappa shape index (κ1) is 14.9. The number of fused-ring (bicyclic) bond motifs is 3. The number of ether oxygens (including phenoxy) is 3. The summed E-state index contributed by atoms with van der Waals surface area (Å²) in [5.74, 6) is 1.86. The monoisotopic (exact) mass is 317 g/mol. The maximum Gasteiger partial charge on any atom is 0.136 e. The van der Waals surface area contributed by atoms with Crippen LogP contribution >= 0.6 is 0 Å². The van der Waals surface area contributed by atoms with Crippen LogP contribution in [-0.4, -0.2) is 49.1 Å². The summed E-state index contributed by atoms with van der Waals surface area (Å²) < 4.78 is 18.9. The van der Waals surface area contributed by atoms with Gasteiger partial charge in [-0.05, 0) is 25.0 Å². The van der Waals surface area contributed by atoms with Gasteiger partial charge in [0, 0.05) is 31.9 Å². The standard InChI is InChI=1S/C17H23N3O3/c1-21-14-2-3-15-16(8-14)20-13(10-23-11-17(20)19-15)9-18-12-4-6-22-7-5-12/h2-3,8,12-13,18H,4-7,9-11H2,1H3/t13-/m0/s1. The first-order valence-electron chi connectivity index (χ1n) is 8.29. The van der Waals surface area contributed by atoms with Crippen LogP contribution in [0, 0.1) is 0 Å². The molecular weight excluding hydrogens is 294 g/mol. The largest absolute Gasteiger partial charge is 0.497 e. The average molecular weight is 317 g/mol. The summed E-state index contributed by atoms with van der Waals surface area (Å²) in [5, 5.41) is 3.68. The Hall–Kier alpha value is -1.63. The molecule has 124 valence electrons. The Kier molecular flexibility index (Phi) is 4.20. The van der Waals surface area contributed by atoms with Crippen molar-refractivity contribution in [1.82, 2.24) is 14.9 Å². The molecule has 4 rings (SSSR count). The van der Waals surface area contributed by atoms with Gasteiger partial charge in [0.25, 0.3) is 0 Å². The molecule has 1 aromatic carbocycles. The first-order valence-corrected chi connectivity index (χ1v) is 8.29. The van der Waals surface area contributed by atoms with E-state index in [4.69, 9.17) is 19.2 Å². The quantitative estimate of drug-likeness (QED) is 0.933. The van der Waals surface area contributed by atoms with Crippen LogP contribution in [0.5, 0.6) is 5.75 Å². The Morgan fingerprint density at radius 1 is 1.30 bits per heavy atom. The van der Waals surface area contributed by atoms with E-state index in [-0.39, 0.29) is 6.04 Å². The summed E-state index contributed by atoms with van der Waals surface area (Å²) in [7, 11) is 1.70. The smallest absolute Gasteiger partial charge is 0.136 e. The van der Waals surface area contributed by atoms with Crippen molar-refractivity contribution in [2.24, 2.45) is 0 Å². The van der Waals surface area contributed by atoms with Gasteiger partial charge in [0.15, 0.2) is 0 Å². The van der Waals surface area contributed by atoms with E-state index in [1.807, 2.05) is 12.1 Å². The molecule has 0 spiro atoms. The molecule has 0 amide bonds. The fraction of sp³-hybridized carbons (Fsp3) is 0.588. The Morgan fingerprint density at radius 3 is 3.00 bits per heavy atom. The van der Waals surface area contributed by atoms with Gasteiger partial charge in [-0.2, -0.15) is 0 Å². The van der Waals surface area contributed by atoms with Crippen molar-refractivity contribution >= 4 is 11.0 Å². The average Bonchev–Trinajstić information content (AvgIpc) is 2.99. The lowest BCUT2D eigenvalue weighted by molar-refractivity contribution is 0.0491. The van der Waals surface area contributed by atoms with Gasteiger partial charge >= 0.3 is 0 Å². The second kappa shape index (κ2) is 6.47. The molecule has 3 heterocycles. The van der Waals surface area contributed by atoms with Gasteiger partial charge in [-0.25, -0.2) is 4.98 Å². The van der Waals surface area contributed by atoms with Crippen LogP contribution in [0.25, 0.3) is 11.0 Å². The van der Waals surface area contributed by atoms with E-state index in [2.05, 4.69) is 16.0 Å². The second-order valence-electron chi connectivity index (χ2n) is 6.22. The van der Waals surface area contributed by atoms with Gasteiger partial charge in [-0.15, -0.1) is 0 Å². The molecular formula is C17H23N3O3. The number of nitrogens with one attached hydrogen (secondary N) is 1. The normalized spacial score (nSPS) is 22.2. The van der Waals surface area contributed by atoms with Crippen LogP contribution in [0.3, 0.4) is 0 Å². The van der Waals surface area contributed by atoms with E-state index in [0.717, 1.165) is 55.2 Å². The predicted octanol–water partition coefficient (Wildman–Crippen LogP) is 1.88. The van der Waals surface area contributed by atoms with Crippen molar-refractivity contribution < 1.29 is 14.2 Å². The molecule has 0 bridgehead atoms. The highest BCUT2D eigenvalue weighted by Crippen LogP contribution is 2.28. The number of hydrogen-bond donors (Lipinski definition) is 1. The summed E-state index contributed by atoms with van der Waals surface area (Å²) in [6.07, 6.45) is 2.16.